The highest BCUT2D eigenvalue weighted by molar-refractivity contribution is 7.80. The Balaban J connectivity index is 2.26. The molecule has 0 unspecified atom stereocenters. The summed E-state index contributed by atoms with van der Waals surface area (Å²) in [7, 11) is 0. The van der Waals surface area contributed by atoms with Crippen LogP contribution in [0.4, 0.5) is 0 Å². The topological polar surface area (TPSA) is 17.1 Å². The average Bonchev–Trinajstić information content (AvgIpc) is 1.90. The minimum absolute atomic E-state index is 0.438. The van der Waals surface area contributed by atoms with Crippen LogP contribution in [0.2, 0.25) is 0 Å². The van der Waals surface area contributed by atoms with Crippen molar-refractivity contribution in [2.45, 2.75) is 25.7 Å². The monoisotopic (exact) mass is 144 g/mol. The predicted octanol–water partition coefficient (Wildman–Crippen LogP) is 1.68. The van der Waals surface area contributed by atoms with Crippen molar-refractivity contribution in [1.82, 2.24) is 0 Å². The SMILES string of the molecule is O=C1CCC(CS)CC1. The van der Waals surface area contributed by atoms with E-state index in [0.29, 0.717) is 11.7 Å². The van der Waals surface area contributed by atoms with Crippen LogP contribution in [0.25, 0.3) is 0 Å². The van der Waals surface area contributed by atoms with E-state index in [9.17, 15) is 4.79 Å². The second kappa shape index (κ2) is 3.25. The van der Waals surface area contributed by atoms with E-state index in [1.807, 2.05) is 0 Å². The van der Waals surface area contributed by atoms with Crippen molar-refractivity contribution in [3.05, 3.63) is 0 Å². The Kier molecular flexibility index (Phi) is 2.58. The lowest BCUT2D eigenvalue weighted by molar-refractivity contribution is -0.120. The first-order chi connectivity index (χ1) is 4.33. The molecule has 1 fully saturated rings. The van der Waals surface area contributed by atoms with Crippen molar-refractivity contribution >= 4 is 18.4 Å². The van der Waals surface area contributed by atoms with Gasteiger partial charge in [-0.05, 0) is 24.5 Å². The van der Waals surface area contributed by atoms with Gasteiger partial charge in [0, 0.05) is 12.8 Å². The zero-order valence-electron chi connectivity index (χ0n) is 5.47. The number of rotatable bonds is 1. The molecule has 0 radical (unpaired) electrons. The average molecular weight is 144 g/mol. The summed E-state index contributed by atoms with van der Waals surface area (Å²) in [5.41, 5.74) is 0. The summed E-state index contributed by atoms with van der Waals surface area (Å²) in [5, 5.41) is 0. The molecule has 9 heavy (non-hydrogen) atoms. The fraction of sp³-hybridized carbons (Fsp3) is 0.857. The van der Waals surface area contributed by atoms with Crippen molar-refractivity contribution in [1.29, 1.82) is 0 Å². The van der Waals surface area contributed by atoms with Gasteiger partial charge in [-0.1, -0.05) is 0 Å². The minimum Gasteiger partial charge on any atom is -0.300 e. The molecule has 1 nitrogen and oxygen atoms in total. The van der Waals surface area contributed by atoms with E-state index in [4.69, 9.17) is 0 Å². The van der Waals surface area contributed by atoms with Crippen molar-refractivity contribution in [3.63, 3.8) is 0 Å². The molecule has 0 aromatic carbocycles. The smallest absolute Gasteiger partial charge is 0.132 e. The summed E-state index contributed by atoms with van der Waals surface area (Å²) >= 11 is 4.18. The maximum Gasteiger partial charge on any atom is 0.132 e. The molecule has 1 aliphatic carbocycles. The molecule has 0 aliphatic heterocycles. The molecular weight excluding hydrogens is 132 g/mol. The summed E-state index contributed by atoms with van der Waals surface area (Å²) in [5.74, 6) is 2.10. The van der Waals surface area contributed by atoms with Gasteiger partial charge in [-0.2, -0.15) is 12.6 Å². The Morgan fingerprint density at radius 2 is 2.00 bits per heavy atom. The van der Waals surface area contributed by atoms with Gasteiger partial charge in [-0.15, -0.1) is 0 Å². The lowest BCUT2D eigenvalue weighted by Crippen LogP contribution is -2.14. The van der Waals surface area contributed by atoms with Crippen molar-refractivity contribution in [2.24, 2.45) is 5.92 Å². The van der Waals surface area contributed by atoms with Gasteiger partial charge in [0.1, 0.15) is 5.78 Å². The third-order valence-electron chi connectivity index (χ3n) is 1.92. The van der Waals surface area contributed by atoms with Crippen molar-refractivity contribution in [3.8, 4) is 0 Å². The van der Waals surface area contributed by atoms with Crippen LogP contribution in [0.3, 0.4) is 0 Å². The van der Waals surface area contributed by atoms with Gasteiger partial charge in [-0.3, -0.25) is 4.79 Å². The van der Waals surface area contributed by atoms with Crippen LogP contribution in [-0.2, 0) is 4.79 Å². The van der Waals surface area contributed by atoms with E-state index < -0.39 is 0 Å². The van der Waals surface area contributed by atoms with Crippen LogP contribution in [0, 0.1) is 5.92 Å². The van der Waals surface area contributed by atoms with Crippen LogP contribution < -0.4 is 0 Å². The van der Waals surface area contributed by atoms with Crippen LogP contribution in [0.5, 0.6) is 0 Å². The first kappa shape index (κ1) is 7.13. The third-order valence-corrected chi connectivity index (χ3v) is 2.44. The first-order valence-electron chi connectivity index (χ1n) is 3.45. The van der Waals surface area contributed by atoms with Gasteiger partial charge < -0.3 is 0 Å². The van der Waals surface area contributed by atoms with Crippen LogP contribution >= 0.6 is 12.6 Å². The van der Waals surface area contributed by atoms with Gasteiger partial charge in [0.15, 0.2) is 0 Å². The number of carbonyl (C=O) groups is 1. The fourth-order valence-electron chi connectivity index (χ4n) is 1.18. The van der Waals surface area contributed by atoms with Gasteiger partial charge in [-0.25, -0.2) is 0 Å². The molecule has 1 aliphatic rings. The van der Waals surface area contributed by atoms with E-state index >= 15 is 0 Å². The number of Topliss-reactive ketones (excluding diaryl/α,β-unsaturated/α-hetero) is 1. The lowest BCUT2D eigenvalue weighted by Gasteiger charge is -2.17. The van der Waals surface area contributed by atoms with E-state index in [1.165, 1.54) is 0 Å². The minimum atomic E-state index is 0.438. The molecule has 0 spiro atoms. The summed E-state index contributed by atoms with van der Waals surface area (Å²) in [6, 6.07) is 0. The van der Waals surface area contributed by atoms with Gasteiger partial charge >= 0.3 is 0 Å². The Hall–Kier alpha value is 0.0200. The highest BCUT2D eigenvalue weighted by Gasteiger charge is 2.16. The van der Waals surface area contributed by atoms with Crippen molar-refractivity contribution < 1.29 is 4.79 Å². The summed E-state index contributed by atoms with van der Waals surface area (Å²) in [6.07, 6.45) is 3.74. The zero-order valence-corrected chi connectivity index (χ0v) is 6.36. The molecule has 0 N–H and O–H groups in total. The summed E-state index contributed by atoms with van der Waals surface area (Å²) in [4.78, 5) is 10.7. The highest BCUT2D eigenvalue weighted by Crippen LogP contribution is 2.21. The fourth-order valence-corrected chi connectivity index (χ4v) is 1.55. The molecule has 0 heterocycles. The number of carbonyl (C=O) groups excluding carboxylic acids is 1. The molecule has 0 bridgehead atoms. The van der Waals surface area contributed by atoms with Gasteiger partial charge in [0.25, 0.3) is 0 Å². The Labute approximate surface area is 61.2 Å². The number of hydrogen-bond acceptors (Lipinski definition) is 2. The van der Waals surface area contributed by atoms with E-state index in [2.05, 4.69) is 12.6 Å². The molecule has 1 saturated carbocycles. The van der Waals surface area contributed by atoms with E-state index in [0.717, 1.165) is 31.4 Å². The largest absolute Gasteiger partial charge is 0.300 e. The second-order valence-corrected chi connectivity index (χ2v) is 3.03. The summed E-state index contributed by atoms with van der Waals surface area (Å²) < 4.78 is 0. The Morgan fingerprint density at radius 1 is 1.44 bits per heavy atom. The second-order valence-electron chi connectivity index (χ2n) is 2.66. The zero-order chi connectivity index (χ0) is 6.69. The van der Waals surface area contributed by atoms with E-state index in [-0.39, 0.29) is 0 Å². The third kappa shape index (κ3) is 2.01. The number of hydrogen-bond donors (Lipinski definition) is 1. The quantitative estimate of drug-likeness (QED) is 0.554. The normalized spacial score (nSPS) is 22.6. The van der Waals surface area contributed by atoms with Gasteiger partial charge in [0.2, 0.25) is 0 Å². The molecule has 0 aromatic heterocycles. The molecular formula is C7H12OS. The van der Waals surface area contributed by atoms with Crippen LogP contribution in [0.15, 0.2) is 0 Å². The predicted molar refractivity (Wildman–Crippen MR) is 40.8 cm³/mol. The molecule has 0 atom stereocenters. The maximum atomic E-state index is 10.7. The number of thiol groups is 1. The van der Waals surface area contributed by atoms with Gasteiger partial charge in [0.05, 0.1) is 0 Å². The Morgan fingerprint density at radius 3 is 2.44 bits per heavy atom. The summed E-state index contributed by atoms with van der Waals surface area (Å²) in [6.45, 7) is 0. The Bertz CT molecular complexity index is 101. The molecule has 0 saturated heterocycles. The highest BCUT2D eigenvalue weighted by atomic mass is 32.1. The van der Waals surface area contributed by atoms with Crippen LogP contribution in [-0.4, -0.2) is 11.5 Å². The van der Waals surface area contributed by atoms with Crippen molar-refractivity contribution in [2.75, 3.05) is 5.75 Å². The first-order valence-corrected chi connectivity index (χ1v) is 4.08. The van der Waals surface area contributed by atoms with E-state index in [1.54, 1.807) is 0 Å². The maximum absolute atomic E-state index is 10.7. The van der Waals surface area contributed by atoms with Crippen LogP contribution in [0.1, 0.15) is 25.7 Å². The number of ketones is 1. The molecule has 0 amide bonds. The molecule has 0 aromatic rings. The standard InChI is InChI=1S/C7H12OS/c8-7-3-1-6(5-9)2-4-7/h6,9H,1-5H2. The lowest BCUT2D eigenvalue weighted by atomic mass is 9.90. The molecule has 52 valence electrons. The molecule has 2 heteroatoms. The molecule has 1 rings (SSSR count).